The smallest absolute Gasteiger partial charge is 0.253 e. The standard InChI is InChI=1S/C12H20N4O2/c1-3-4-10-7-9(8-11(14-10)15-13)12(18)16(2)5-6-17/h7-8,17H,3-6,13H2,1-2H3,(H,14,15). The Morgan fingerprint density at radius 3 is 2.83 bits per heavy atom. The van der Waals surface area contributed by atoms with Crippen LogP contribution in [-0.4, -0.2) is 41.1 Å². The van der Waals surface area contributed by atoms with Gasteiger partial charge in [-0.3, -0.25) is 4.79 Å². The molecule has 0 aliphatic carbocycles. The number of rotatable bonds is 6. The molecule has 4 N–H and O–H groups in total. The number of carbonyl (C=O) groups is 1. The lowest BCUT2D eigenvalue weighted by atomic mass is 10.1. The summed E-state index contributed by atoms with van der Waals surface area (Å²) in [5.41, 5.74) is 3.81. The van der Waals surface area contributed by atoms with Crippen LogP contribution in [0.15, 0.2) is 12.1 Å². The van der Waals surface area contributed by atoms with Gasteiger partial charge >= 0.3 is 0 Å². The average molecular weight is 252 g/mol. The summed E-state index contributed by atoms with van der Waals surface area (Å²) in [7, 11) is 1.65. The van der Waals surface area contributed by atoms with Crippen LogP contribution in [0.2, 0.25) is 0 Å². The number of hydrogen-bond acceptors (Lipinski definition) is 5. The summed E-state index contributed by atoms with van der Waals surface area (Å²) in [5.74, 6) is 5.66. The number of nitrogen functional groups attached to an aromatic ring is 1. The number of nitrogens with one attached hydrogen (secondary N) is 1. The lowest BCUT2D eigenvalue weighted by Gasteiger charge is -2.16. The summed E-state index contributed by atoms with van der Waals surface area (Å²) in [6.07, 6.45) is 1.74. The summed E-state index contributed by atoms with van der Waals surface area (Å²) >= 11 is 0. The van der Waals surface area contributed by atoms with Gasteiger partial charge in [-0.05, 0) is 18.6 Å². The van der Waals surface area contributed by atoms with E-state index in [4.69, 9.17) is 10.9 Å². The predicted molar refractivity (Wildman–Crippen MR) is 70.1 cm³/mol. The minimum absolute atomic E-state index is 0.0584. The lowest BCUT2D eigenvalue weighted by molar-refractivity contribution is 0.0767. The number of aromatic nitrogens is 1. The second-order valence-electron chi connectivity index (χ2n) is 4.08. The van der Waals surface area contributed by atoms with Crippen molar-refractivity contribution in [3.8, 4) is 0 Å². The van der Waals surface area contributed by atoms with Gasteiger partial charge < -0.3 is 15.4 Å². The Morgan fingerprint density at radius 1 is 1.56 bits per heavy atom. The Kier molecular flexibility index (Phi) is 5.54. The summed E-state index contributed by atoms with van der Waals surface area (Å²) in [5, 5.41) is 8.83. The highest BCUT2D eigenvalue weighted by atomic mass is 16.3. The fourth-order valence-corrected chi connectivity index (χ4v) is 1.64. The van der Waals surface area contributed by atoms with Gasteiger partial charge in [0.1, 0.15) is 5.82 Å². The molecular weight excluding hydrogens is 232 g/mol. The third kappa shape index (κ3) is 3.68. The van der Waals surface area contributed by atoms with Gasteiger partial charge in [-0.15, -0.1) is 0 Å². The van der Waals surface area contributed by atoms with Crippen molar-refractivity contribution in [3.63, 3.8) is 0 Å². The lowest BCUT2D eigenvalue weighted by Crippen LogP contribution is -2.29. The van der Waals surface area contributed by atoms with E-state index in [2.05, 4.69) is 10.4 Å². The third-order valence-corrected chi connectivity index (χ3v) is 2.56. The van der Waals surface area contributed by atoms with Crippen molar-refractivity contribution in [2.24, 2.45) is 5.84 Å². The van der Waals surface area contributed by atoms with E-state index in [1.807, 2.05) is 6.92 Å². The van der Waals surface area contributed by atoms with Crippen molar-refractivity contribution in [2.45, 2.75) is 19.8 Å². The summed E-state index contributed by atoms with van der Waals surface area (Å²) in [6, 6.07) is 3.37. The number of pyridine rings is 1. The number of nitrogens with zero attached hydrogens (tertiary/aromatic N) is 2. The zero-order chi connectivity index (χ0) is 13.5. The highest BCUT2D eigenvalue weighted by Gasteiger charge is 2.13. The summed E-state index contributed by atoms with van der Waals surface area (Å²) in [4.78, 5) is 17.8. The number of hydrazine groups is 1. The molecule has 1 rings (SSSR count). The zero-order valence-electron chi connectivity index (χ0n) is 10.8. The SMILES string of the molecule is CCCc1cc(C(=O)N(C)CCO)cc(NN)n1. The van der Waals surface area contributed by atoms with E-state index in [-0.39, 0.29) is 12.5 Å². The van der Waals surface area contributed by atoms with Crippen LogP contribution in [0.5, 0.6) is 0 Å². The van der Waals surface area contributed by atoms with Gasteiger partial charge in [0.25, 0.3) is 5.91 Å². The summed E-state index contributed by atoms with van der Waals surface area (Å²) < 4.78 is 0. The number of nitrogens with two attached hydrogens (primary N) is 1. The summed E-state index contributed by atoms with van der Waals surface area (Å²) in [6.45, 7) is 2.29. The molecule has 0 aliphatic rings. The Balaban J connectivity index is 2.99. The van der Waals surface area contributed by atoms with E-state index in [1.165, 1.54) is 4.90 Å². The first-order chi connectivity index (χ1) is 8.62. The maximum atomic E-state index is 12.1. The number of aryl methyl sites for hydroxylation is 1. The molecule has 0 spiro atoms. The van der Waals surface area contributed by atoms with Crippen molar-refractivity contribution in [3.05, 3.63) is 23.4 Å². The largest absolute Gasteiger partial charge is 0.395 e. The first-order valence-electron chi connectivity index (χ1n) is 5.96. The van der Waals surface area contributed by atoms with Crippen LogP contribution in [0, 0.1) is 0 Å². The highest BCUT2D eigenvalue weighted by molar-refractivity contribution is 5.94. The van der Waals surface area contributed by atoms with Crippen LogP contribution in [0.1, 0.15) is 29.4 Å². The topological polar surface area (TPSA) is 91.5 Å². The quantitative estimate of drug-likeness (QED) is 0.503. The average Bonchev–Trinajstić information content (AvgIpc) is 2.38. The maximum absolute atomic E-state index is 12.1. The van der Waals surface area contributed by atoms with Gasteiger partial charge in [-0.1, -0.05) is 13.3 Å². The zero-order valence-corrected chi connectivity index (χ0v) is 10.8. The van der Waals surface area contributed by atoms with Gasteiger partial charge in [0.2, 0.25) is 0 Å². The fourth-order valence-electron chi connectivity index (χ4n) is 1.64. The number of hydrogen-bond donors (Lipinski definition) is 3. The molecule has 0 saturated heterocycles. The van der Waals surface area contributed by atoms with Crippen molar-refractivity contribution in [1.29, 1.82) is 0 Å². The molecule has 100 valence electrons. The first-order valence-corrected chi connectivity index (χ1v) is 5.96. The predicted octanol–water partition coefficient (Wildman–Crippen LogP) is 0.384. The van der Waals surface area contributed by atoms with Gasteiger partial charge in [0.15, 0.2) is 0 Å². The Bertz CT molecular complexity index is 409. The van der Waals surface area contributed by atoms with Gasteiger partial charge in [-0.2, -0.15) is 0 Å². The number of carbonyl (C=O) groups excluding carboxylic acids is 1. The molecule has 1 heterocycles. The number of amides is 1. The molecule has 1 amide bonds. The minimum Gasteiger partial charge on any atom is -0.395 e. The molecule has 0 atom stereocenters. The molecule has 6 heteroatoms. The van der Waals surface area contributed by atoms with Crippen molar-refractivity contribution in [1.82, 2.24) is 9.88 Å². The second kappa shape index (κ2) is 6.93. The van der Waals surface area contributed by atoms with Crippen molar-refractivity contribution in [2.75, 3.05) is 25.6 Å². The molecule has 1 aromatic rings. The van der Waals surface area contributed by atoms with Gasteiger partial charge in [0, 0.05) is 24.8 Å². The first kappa shape index (κ1) is 14.4. The van der Waals surface area contributed by atoms with Crippen molar-refractivity contribution < 1.29 is 9.90 Å². The van der Waals surface area contributed by atoms with E-state index in [0.29, 0.717) is 17.9 Å². The van der Waals surface area contributed by atoms with Crippen LogP contribution >= 0.6 is 0 Å². The van der Waals surface area contributed by atoms with E-state index >= 15 is 0 Å². The van der Waals surface area contributed by atoms with Crippen LogP contribution < -0.4 is 11.3 Å². The van der Waals surface area contributed by atoms with Gasteiger partial charge in [-0.25, -0.2) is 10.8 Å². The van der Waals surface area contributed by atoms with E-state index in [9.17, 15) is 4.79 Å². The Hall–Kier alpha value is -1.66. The van der Waals surface area contributed by atoms with Crippen LogP contribution in [0.3, 0.4) is 0 Å². The number of anilines is 1. The molecule has 0 radical (unpaired) electrons. The van der Waals surface area contributed by atoms with E-state index < -0.39 is 0 Å². The van der Waals surface area contributed by atoms with Gasteiger partial charge in [0.05, 0.1) is 6.61 Å². The second-order valence-corrected chi connectivity index (χ2v) is 4.08. The number of likely N-dealkylation sites (N-methyl/N-ethyl adjacent to an activating group) is 1. The molecule has 0 saturated carbocycles. The fraction of sp³-hybridized carbons (Fsp3) is 0.500. The van der Waals surface area contributed by atoms with Crippen LogP contribution in [0.4, 0.5) is 5.82 Å². The third-order valence-electron chi connectivity index (χ3n) is 2.56. The Labute approximate surface area is 107 Å². The van der Waals surface area contributed by atoms with E-state index in [1.54, 1.807) is 19.2 Å². The highest BCUT2D eigenvalue weighted by Crippen LogP contribution is 2.13. The van der Waals surface area contributed by atoms with Crippen molar-refractivity contribution >= 4 is 11.7 Å². The van der Waals surface area contributed by atoms with E-state index in [0.717, 1.165) is 18.5 Å². The number of aliphatic hydroxyl groups is 1. The minimum atomic E-state index is -0.152. The molecule has 0 fully saturated rings. The normalized spacial score (nSPS) is 10.2. The van der Waals surface area contributed by atoms with Crippen LogP contribution in [-0.2, 0) is 6.42 Å². The molecule has 0 bridgehead atoms. The molecule has 18 heavy (non-hydrogen) atoms. The molecule has 1 aromatic heterocycles. The molecule has 6 nitrogen and oxygen atoms in total. The van der Waals surface area contributed by atoms with Crippen LogP contribution in [0.25, 0.3) is 0 Å². The maximum Gasteiger partial charge on any atom is 0.253 e. The molecule has 0 aliphatic heterocycles. The monoisotopic (exact) mass is 252 g/mol. The molecule has 0 unspecified atom stereocenters. The number of aliphatic hydroxyl groups excluding tert-OH is 1. The Morgan fingerprint density at radius 2 is 2.28 bits per heavy atom. The molecule has 0 aromatic carbocycles. The molecular formula is C12H20N4O2.